The van der Waals surface area contributed by atoms with Gasteiger partial charge in [0.1, 0.15) is 0 Å². The molecule has 0 spiro atoms. The molecule has 0 radical (unpaired) electrons. The average molecular weight is 317 g/mol. The predicted molar refractivity (Wildman–Crippen MR) is 83.7 cm³/mol. The first kappa shape index (κ1) is 14.5. The van der Waals surface area contributed by atoms with Crippen LogP contribution in [0.1, 0.15) is 5.56 Å². The second kappa shape index (κ2) is 5.39. The fraction of sp³-hybridized carbons (Fsp3) is 0.143. The Hall–Kier alpha value is -2.45. The topological polar surface area (TPSA) is 103 Å². The summed E-state index contributed by atoms with van der Waals surface area (Å²) < 4.78 is 24.1. The number of hydrogen-bond donors (Lipinski definition) is 2. The van der Waals surface area contributed by atoms with E-state index < -0.39 is 10.0 Å². The van der Waals surface area contributed by atoms with Crippen LogP contribution in [-0.4, -0.2) is 23.2 Å². The molecule has 3 aromatic rings. The number of primary sulfonamides is 1. The molecule has 7 nitrogen and oxygen atoms in total. The lowest BCUT2D eigenvalue weighted by atomic mass is 10.2. The highest BCUT2D eigenvalue weighted by atomic mass is 32.2. The normalized spacial score (nSPS) is 11.7. The number of aromatic nitrogens is 3. The molecule has 0 atom stereocenters. The molecule has 0 unspecified atom stereocenters. The van der Waals surface area contributed by atoms with Crippen molar-refractivity contribution in [2.75, 3.05) is 5.32 Å². The van der Waals surface area contributed by atoms with Gasteiger partial charge in [-0.1, -0.05) is 12.1 Å². The van der Waals surface area contributed by atoms with Gasteiger partial charge in [-0.2, -0.15) is 5.10 Å². The Morgan fingerprint density at radius 3 is 2.64 bits per heavy atom. The first-order valence-electron chi connectivity index (χ1n) is 6.57. The van der Waals surface area contributed by atoms with Crippen LogP contribution in [0.3, 0.4) is 0 Å². The average Bonchev–Trinajstić information content (AvgIpc) is 2.87. The van der Waals surface area contributed by atoms with Gasteiger partial charge >= 0.3 is 0 Å². The van der Waals surface area contributed by atoms with Crippen molar-refractivity contribution in [3.63, 3.8) is 0 Å². The number of hydrogen-bond acceptors (Lipinski definition) is 5. The van der Waals surface area contributed by atoms with Crippen LogP contribution in [0.15, 0.2) is 47.6 Å². The monoisotopic (exact) mass is 317 g/mol. The van der Waals surface area contributed by atoms with Crippen molar-refractivity contribution < 1.29 is 8.42 Å². The number of benzene rings is 1. The maximum Gasteiger partial charge on any atom is 0.238 e. The summed E-state index contributed by atoms with van der Waals surface area (Å²) in [6.45, 7) is 0.554. The van der Waals surface area contributed by atoms with Crippen molar-refractivity contribution in [3.8, 4) is 0 Å². The molecule has 0 fully saturated rings. The van der Waals surface area contributed by atoms with Crippen molar-refractivity contribution in [3.05, 3.63) is 48.3 Å². The Morgan fingerprint density at radius 2 is 1.95 bits per heavy atom. The van der Waals surface area contributed by atoms with Crippen molar-refractivity contribution >= 4 is 26.7 Å². The van der Waals surface area contributed by atoms with E-state index in [-0.39, 0.29) is 4.90 Å². The Labute approximate surface area is 127 Å². The van der Waals surface area contributed by atoms with E-state index >= 15 is 0 Å². The summed E-state index contributed by atoms with van der Waals surface area (Å²) in [6.07, 6.45) is 3.48. The highest BCUT2D eigenvalue weighted by molar-refractivity contribution is 7.89. The number of nitrogens with two attached hydrogens (primary N) is 1. The highest BCUT2D eigenvalue weighted by Gasteiger charge is 2.08. The van der Waals surface area contributed by atoms with Gasteiger partial charge in [0.05, 0.1) is 16.5 Å². The van der Waals surface area contributed by atoms with Gasteiger partial charge < -0.3 is 5.32 Å². The minimum Gasteiger partial charge on any atom is -0.380 e. The zero-order chi connectivity index (χ0) is 15.7. The molecule has 0 aliphatic heterocycles. The van der Waals surface area contributed by atoms with E-state index in [1.54, 1.807) is 29.2 Å². The molecule has 2 aromatic heterocycles. The largest absolute Gasteiger partial charge is 0.380 e. The van der Waals surface area contributed by atoms with Gasteiger partial charge in [0.25, 0.3) is 0 Å². The van der Waals surface area contributed by atoms with Crippen molar-refractivity contribution in [2.24, 2.45) is 12.2 Å². The second-order valence-electron chi connectivity index (χ2n) is 4.91. The summed E-state index contributed by atoms with van der Waals surface area (Å²) in [6, 6.07) is 8.34. The minimum absolute atomic E-state index is 0.106. The number of nitrogens with one attached hydrogen (secondary N) is 1. The molecule has 0 aliphatic carbocycles. The first-order chi connectivity index (χ1) is 10.4. The van der Waals surface area contributed by atoms with Crippen LogP contribution in [0.2, 0.25) is 0 Å². The van der Waals surface area contributed by atoms with Crippen molar-refractivity contribution in [1.82, 2.24) is 14.8 Å². The molecule has 0 amide bonds. The number of nitrogens with zero attached hydrogens (tertiary/aromatic N) is 3. The van der Waals surface area contributed by atoms with Crippen LogP contribution in [0.5, 0.6) is 0 Å². The fourth-order valence-electron chi connectivity index (χ4n) is 2.19. The van der Waals surface area contributed by atoms with Crippen LogP contribution < -0.4 is 10.5 Å². The summed E-state index contributed by atoms with van der Waals surface area (Å²) in [5, 5.41) is 13.5. The highest BCUT2D eigenvalue weighted by Crippen LogP contribution is 2.21. The SMILES string of the molecule is Cn1ncc2c(NCc3ccc(S(N)(=O)=O)cc3)ccnc21. The summed E-state index contributed by atoms with van der Waals surface area (Å²) in [5.41, 5.74) is 2.67. The van der Waals surface area contributed by atoms with E-state index in [1.165, 1.54) is 12.1 Å². The van der Waals surface area contributed by atoms with Gasteiger partial charge in [-0.05, 0) is 23.8 Å². The molecule has 2 heterocycles. The van der Waals surface area contributed by atoms with Gasteiger partial charge in [0.2, 0.25) is 10.0 Å². The molecular formula is C14H15N5O2S. The zero-order valence-electron chi connectivity index (χ0n) is 11.9. The van der Waals surface area contributed by atoms with Crippen LogP contribution in [-0.2, 0) is 23.6 Å². The minimum atomic E-state index is -3.65. The number of aryl methyl sites for hydroxylation is 1. The van der Waals surface area contributed by atoms with E-state index in [4.69, 9.17) is 5.14 Å². The van der Waals surface area contributed by atoms with E-state index in [2.05, 4.69) is 15.4 Å². The Morgan fingerprint density at radius 1 is 1.23 bits per heavy atom. The summed E-state index contributed by atoms with van der Waals surface area (Å²) in [4.78, 5) is 4.38. The Kier molecular flexibility index (Phi) is 3.55. The van der Waals surface area contributed by atoms with Crippen molar-refractivity contribution in [1.29, 1.82) is 0 Å². The quantitative estimate of drug-likeness (QED) is 0.753. The molecule has 0 saturated heterocycles. The van der Waals surface area contributed by atoms with Gasteiger partial charge in [0, 0.05) is 25.5 Å². The molecule has 0 aliphatic rings. The molecule has 114 valence electrons. The van der Waals surface area contributed by atoms with Crippen LogP contribution in [0, 0.1) is 0 Å². The molecule has 0 bridgehead atoms. The van der Waals surface area contributed by atoms with Crippen LogP contribution in [0.4, 0.5) is 5.69 Å². The molecule has 1 aromatic carbocycles. The molecular weight excluding hydrogens is 302 g/mol. The van der Waals surface area contributed by atoms with E-state index in [0.717, 1.165) is 22.3 Å². The number of sulfonamides is 1. The lowest BCUT2D eigenvalue weighted by Crippen LogP contribution is -2.12. The molecule has 3 N–H and O–H groups in total. The molecule has 8 heteroatoms. The smallest absolute Gasteiger partial charge is 0.238 e. The maximum atomic E-state index is 11.2. The van der Waals surface area contributed by atoms with Crippen LogP contribution in [0.25, 0.3) is 11.0 Å². The van der Waals surface area contributed by atoms with E-state index in [0.29, 0.717) is 6.54 Å². The fourth-order valence-corrected chi connectivity index (χ4v) is 2.71. The Balaban J connectivity index is 1.79. The lowest BCUT2D eigenvalue weighted by Gasteiger charge is -2.08. The third-order valence-electron chi connectivity index (χ3n) is 3.37. The van der Waals surface area contributed by atoms with Gasteiger partial charge in [0.15, 0.2) is 5.65 Å². The Bertz CT molecular complexity index is 916. The van der Waals surface area contributed by atoms with Crippen LogP contribution >= 0.6 is 0 Å². The third-order valence-corrected chi connectivity index (χ3v) is 4.30. The molecule has 22 heavy (non-hydrogen) atoms. The molecule has 0 saturated carbocycles. The van der Waals surface area contributed by atoms with Gasteiger partial charge in [-0.3, -0.25) is 4.68 Å². The maximum absolute atomic E-state index is 11.2. The lowest BCUT2D eigenvalue weighted by molar-refractivity contribution is 0.598. The predicted octanol–water partition coefficient (Wildman–Crippen LogP) is 1.23. The van der Waals surface area contributed by atoms with Gasteiger partial charge in [-0.15, -0.1) is 0 Å². The third kappa shape index (κ3) is 2.78. The van der Waals surface area contributed by atoms with E-state index in [1.807, 2.05) is 13.1 Å². The summed E-state index contributed by atoms with van der Waals surface area (Å²) >= 11 is 0. The van der Waals surface area contributed by atoms with E-state index in [9.17, 15) is 8.42 Å². The second-order valence-corrected chi connectivity index (χ2v) is 6.47. The number of rotatable bonds is 4. The number of fused-ring (bicyclic) bond motifs is 1. The molecule has 3 rings (SSSR count). The summed E-state index contributed by atoms with van der Waals surface area (Å²) in [5.74, 6) is 0. The summed E-state index contributed by atoms with van der Waals surface area (Å²) in [7, 11) is -1.81. The zero-order valence-corrected chi connectivity index (χ0v) is 12.7. The standard InChI is InChI=1S/C14H15N5O2S/c1-19-14-12(9-18-19)13(6-7-16-14)17-8-10-2-4-11(5-3-10)22(15,20)21/h2-7,9H,8H2,1H3,(H,16,17)(H2,15,20,21). The number of anilines is 1. The first-order valence-corrected chi connectivity index (χ1v) is 8.12. The number of pyridine rings is 1. The van der Waals surface area contributed by atoms with Crippen molar-refractivity contribution in [2.45, 2.75) is 11.4 Å². The van der Waals surface area contributed by atoms with Gasteiger partial charge in [-0.25, -0.2) is 18.5 Å².